The molecule has 3 nitrogen and oxygen atoms in total. The number of nitrogens with one attached hydrogen (secondary N) is 2. The van der Waals surface area contributed by atoms with Crippen molar-refractivity contribution in [2.75, 3.05) is 0 Å². The predicted molar refractivity (Wildman–Crippen MR) is 71.6 cm³/mol. The Hall–Kier alpha value is -0.930. The summed E-state index contributed by atoms with van der Waals surface area (Å²) in [5, 5.41) is 6.58. The van der Waals surface area contributed by atoms with Crippen molar-refractivity contribution in [1.29, 1.82) is 0 Å². The van der Waals surface area contributed by atoms with E-state index in [2.05, 4.69) is 10.6 Å². The molecule has 1 rings (SSSR count). The van der Waals surface area contributed by atoms with Gasteiger partial charge in [0.1, 0.15) is 0 Å². The Morgan fingerprint density at radius 2 is 2.06 bits per heavy atom. The summed E-state index contributed by atoms with van der Waals surface area (Å²) in [7, 11) is 0. The standard InChI is InChI=1S/C12H16Cl2N2O/c1-3-8(2)16-12(17)15-7-9-4-5-10(13)11(14)6-9/h4-6,8H,3,7H2,1-2H3,(H2,15,16,17)/t8-/m1/s1. The Balaban J connectivity index is 2.45. The fourth-order valence-electron chi connectivity index (χ4n) is 1.21. The minimum Gasteiger partial charge on any atom is -0.336 e. The van der Waals surface area contributed by atoms with Crippen LogP contribution in [0.25, 0.3) is 0 Å². The third kappa shape index (κ3) is 4.84. The Bertz CT molecular complexity index is 396. The van der Waals surface area contributed by atoms with Crippen LogP contribution in [0.15, 0.2) is 18.2 Å². The maximum atomic E-state index is 11.5. The normalized spacial score (nSPS) is 12.0. The van der Waals surface area contributed by atoms with E-state index >= 15 is 0 Å². The largest absolute Gasteiger partial charge is 0.336 e. The minimum atomic E-state index is -0.176. The van der Waals surface area contributed by atoms with Gasteiger partial charge in [-0.2, -0.15) is 0 Å². The fraction of sp³-hybridized carbons (Fsp3) is 0.417. The summed E-state index contributed by atoms with van der Waals surface area (Å²) >= 11 is 11.7. The molecule has 2 amide bonds. The molecule has 0 fully saturated rings. The molecule has 0 aliphatic carbocycles. The average molecular weight is 275 g/mol. The number of urea groups is 1. The van der Waals surface area contributed by atoms with Gasteiger partial charge in [0.25, 0.3) is 0 Å². The van der Waals surface area contributed by atoms with Crippen LogP contribution < -0.4 is 10.6 Å². The second-order valence-electron chi connectivity index (χ2n) is 3.88. The Morgan fingerprint density at radius 1 is 1.35 bits per heavy atom. The summed E-state index contributed by atoms with van der Waals surface area (Å²) in [6.45, 7) is 4.40. The molecular weight excluding hydrogens is 259 g/mol. The molecule has 0 aromatic heterocycles. The highest BCUT2D eigenvalue weighted by molar-refractivity contribution is 6.42. The highest BCUT2D eigenvalue weighted by Gasteiger charge is 2.05. The maximum Gasteiger partial charge on any atom is 0.315 e. The van der Waals surface area contributed by atoms with Gasteiger partial charge in [0, 0.05) is 12.6 Å². The van der Waals surface area contributed by atoms with E-state index < -0.39 is 0 Å². The van der Waals surface area contributed by atoms with Crippen molar-refractivity contribution in [2.45, 2.75) is 32.9 Å². The third-order valence-electron chi connectivity index (χ3n) is 2.43. The predicted octanol–water partition coefficient (Wildman–Crippen LogP) is 3.59. The summed E-state index contributed by atoms with van der Waals surface area (Å²) < 4.78 is 0. The second kappa shape index (κ2) is 6.72. The lowest BCUT2D eigenvalue weighted by Crippen LogP contribution is -2.40. The van der Waals surface area contributed by atoms with Gasteiger partial charge in [-0.3, -0.25) is 0 Å². The van der Waals surface area contributed by atoms with E-state index in [4.69, 9.17) is 23.2 Å². The Labute approximate surface area is 111 Å². The molecule has 1 aromatic carbocycles. The SMILES string of the molecule is CC[C@@H](C)NC(=O)NCc1ccc(Cl)c(Cl)c1. The number of carbonyl (C=O) groups is 1. The van der Waals surface area contributed by atoms with Gasteiger partial charge in [0.2, 0.25) is 0 Å². The van der Waals surface area contributed by atoms with Gasteiger partial charge in [0.05, 0.1) is 10.0 Å². The topological polar surface area (TPSA) is 41.1 Å². The third-order valence-corrected chi connectivity index (χ3v) is 3.17. The number of rotatable bonds is 4. The molecular formula is C12H16Cl2N2O. The molecule has 0 bridgehead atoms. The van der Waals surface area contributed by atoms with Crippen LogP contribution in [0.5, 0.6) is 0 Å². The molecule has 0 saturated heterocycles. The highest BCUT2D eigenvalue weighted by Crippen LogP contribution is 2.22. The number of carbonyl (C=O) groups excluding carboxylic acids is 1. The number of benzene rings is 1. The first-order chi connectivity index (χ1) is 8.02. The van der Waals surface area contributed by atoms with E-state index in [1.54, 1.807) is 12.1 Å². The summed E-state index contributed by atoms with van der Waals surface area (Å²) in [5.41, 5.74) is 0.915. The fourth-order valence-corrected chi connectivity index (χ4v) is 1.53. The Kier molecular flexibility index (Phi) is 5.59. The molecule has 2 N–H and O–H groups in total. The zero-order valence-corrected chi connectivity index (χ0v) is 11.4. The molecule has 94 valence electrons. The van der Waals surface area contributed by atoms with E-state index in [9.17, 15) is 4.79 Å². The lowest BCUT2D eigenvalue weighted by atomic mass is 10.2. The molecule has 0 heterocycles. The lowest BCUT2D eigenvalue weighted by Gasteiger charge is -2.12. The smallest absolute Gasteiger partial charge is 0.315 e. The van der Waals surface area contributed by atoms with Gasteiger partial charge in [-0.25, -0.2) is 4.79 Å². The van der Waals surface area contributed by atoms with Crippen molar-refractivity contribution >= 4 is 29.2 Å². The summed E-state index contributed by atoms with van der Waals surface area (Å²) in [5.74, 6) is 0. The first kappa shape index (κ1) is 14.1. The molecule has 0 aliphatic rings. The van der Waals surface area contributed by atoms with Crippen LogP contribution in [-0.4, -0.2) is 12.1 Å². The van der Waals surface area contributed by atoms with Crippen LogP contribution >= 0.6 is 23.2 Å². The van der Waals surface area contributed by atoms with Crippen molar-refractivity contribution in [3.63, 3.8) is 0 Å². The van der Waals surface area contributed by atoms with Crippen molar-refractivity contribution in [3.8, 4) is 0 Å². The lowest BCUT2D eigenvalue weighted by molar-refractivity contribution is 0.237. The van der Waals surface area contributed by atoms with Crippen LogP contribution in [0.1, 0.15) is 25.8 Å². The van der Waals surface area contributed by atoms with Crippen molar-refractivity contribution < 1.29 is 4.79 Å². The van der Waals surface area contributed by atoms with Gasteiger partial charge in [-0.05, 0) is 31.0 Å². The molecule has 1 aromatic rings. The van der Waals surface area contributed by atoms with Crippen LogP contribution in [0.2, 0.25) is 10.0 Å². The summed E-state index contributed by atoms with van der Waals surface area (Å²) in [4.78, 5) is 11.5. The van der Waals surface area contributed by atoms with Gasteiger partial charge in [0.15, 0.2) is 0 Å². The summed E-state index contributed by atoms with van der Waals surface area (Å²) in [6, 6.07) is 5.28. The number of amides is 2. The average Bonchev–Trinajstić information content (AvgIpc) is 2.30. The van der Waals surface area contributed by atoms with E-state index in [-0.39, 0.29) is 12.1 Å². The molecule has 17 heavy (non-hydrogen) atoms. The molecule has 1 atom stereocenters. The maximum absolute atomic E-state index is 11.5. The zero-order valence-electron chi connectivity index (χ0n) is 9.89. The van der Waals surface area contributed by atoms with Crippen molar-refractivity contribution in [1.82, 2.24) is 10.6 Å². The number of hydrogen-bond donors (Lipinski definition) is 2. The van der Waals surface area contributed by atoms with E-state index in [1.807, 2.05) is 19.9 Å². The van der Waals surface area contributed by atoms with Crippen LogP contribution in [-0.2, 0) is 6.54 Å². The van der Waals surface area contributed by atoms with Gasteiger partial charge in [-0.1, -0.05) is 36.2 Å². The minimum absolute atomic E-state index is 0.170. The first-order valence-electron chi connectivity index (χ1n) is 5.51. The van der Waals surface area contributed by atoms with E-state index in [1.165, 1.54) is 0 Å². The quantitative estimate of drug-likeness (QED) is 0.866. The molecule has 5 heteroatoms. The molecule has 0 unspecified atom stereocenters. The van der Waals surface area contributed by atoms with Crippen molar-refractivity contribution in [2.24, 2.45) is 0 Å². The molecule has 0 saturated carbocycles. The van der Waals surface area contributed by atoms with Crippen LogP contribution in [0, 0.1) is 0 Å². The second-order valence-corrected chi connectivity index (χ2v) is 4.70. The Morgan fingerprint density at radius 3 is 2.65 bits per heavy atom. The van der Waals surface area contributed by atoms with E-state index in [0.29, 0.717) is 16.6 Å². The number of halogens is 2. The number of hydrogen-bond acceptors (Lipinski definition) is 1. The molecule has 0 radical (unpaired) electrons. The summed E-state index contributed by atoms with van der Waals surface area (Å²) in [6.07, 6.45) is 0.903. The monoisotopic (exact) mass is 274 g/mol. The van der Waals surface area contributed by atoms with Gasteiger partial charge in [-0.15, -0.1) is 0 Å². The van der Waals surface area contributed by atoms with E-state index in [0.717, 1.165) is 12.0 Å². The van der Waals surface area contributed by atoms with Crippen LogP contribution in [0.4, 0.5) is 4.79 Å². The molecule has 0 aliphatic heterocycles. The highest BCUT2D eigenvalue weighted by atomic mass is 35.5. The zero-order chi connectivity index (χ0) is 12.8. The van der Waals surface area contributed by atoms with Gasteiger partial charge < -0.3 is 10.6 Å². The molecule has 0 spiro atoms. The van der Waals surface area contributed by atoms with Crippen molar-refractivity contribution in [3.05, 3.63) is 33.8 Å². The first-order valence-corrected chi connectivity index (χ1v) is 6.26. The van der Waals surface area contributed by atoms with Crippen LogP contribution in [0.3, 0.4) is 0 Å². The van der Waals surface area contributed by atoms with Gasteiger partial charge >= 0.3 is 6.03 Å².